The fourth-order valence-electron chi connectivity index (χ4n) is 1.19. The molecule has 0 aliphatic rings. The van der Waals surface area contributed by atoms with Gasteiger partial charge in [-0.15, -0.1) is 0 Å². The number of unbranched alkanes of at least 4 members (excludes halogenated alkanes) is 1. The lowest BCUT2D eigenvalue weighted by atomic mass is 10.0. The Hall–Kier alpha value is -0.610. The third-order valence-corrected chi connectivity index (χ3v) is 1.95. The Labute approximate surface area is 85.9 Å². The van der Waals surface area contributed by atoms with Crippen LogP contribution in [0.25, 0.3) is 0 Å². The van der Waals surface area contributed by atoms with E-state index in [2.05, 4.69) is 5.32 Å². The molecule has 0 bridgehead atoms. The second kappa shape index (κ2) is 7.76. The Balaban J connectivity index is 3.52. The molecule has 0 saturated carbocycles. The smallest absolute Gasteiger partial charge is 0.236 e. The van der Waals surface area contributed by atoms with Crippen LogP contribution < -0.4 is 11.1 Å². The first kappa shape index (κ1) is 13.4. The van der Waals surface area contributed by atoms with Gasteiger partial charge in [-0.1, -0.05) is 13.8 Å². The summed E-state index contributed by atoms with van der Waals surface area (Å²) in [6, 6.07) is -0.399. The zero-order chi connectivity index (χ0) is 11.0. The lowest BCUT2D eigenvalue weighted by molar-refractivity contribution is -0.122. The molecule has 4 heteroatoms. The van der Waals surface area contributed by atoms with Gasteiger partial charge in [0.05, 0.1) is 6.04 Å². The van der Waals surface area contributed by atoms with Crippen molar-refractivity contribution in [3.8, 4) is 0 Å². The van der Waals surface area contributed by atoms with Crippen molar-refractivity contribution in [2.24, 2.45) is 11.7 Å². The van der Waals surface area contributed by atoms with Gasteiger partial charge in [0, 0.05) is 13.2 Å². The van der Waals surface area contributed by atoms with E-state index in [-0.39, 0.29) is 12.5 Å². The predicted octanol–water partition coefficient (Wildman–Crippen LogP) is 0.249. The van der Waals surface area contributed by atoms with Crippen LogP contribution in [0.2, 0.25) is 0 Å². The highest BCUT2D eigenvalue weighted by Crippen LogP contribution is 2.02. The van der Waals surface area contributed by atoms with Crippen molar-refractivity contribution < 1.29 is 9.90 Å². The zero-order valence-electron chi connectivity index (χ0n) is 9.12. The van der Waals surface area contributed by atoms with Crippen molar-refractivity contribution in [1.82, 2.24) is 5.32 Å². The molecular weight excluding hydrogens is 180 g/mol. The zero-order valence-corrected chi connectivity index (χ0v) is 9.12. The first-order chi connectivity index (χ1) is 6.57. The number of aliphatic hydroxyl groups is 1. The summed E-state index contributed by atoms with van der Waals surface area (Å²) in [5.41, 5.74) is 5.67. The SMILES string of the molecule is CC(C)C[C@H](N)C(=O)NCCCCO. The molecule has 1 amide bonds. The first-order valence-electron chi connectivity index (χ1n) is 5.22. The lowest BCUT2D eigenvalue weighted by Crippen LogP contribution is -2.41. The topological polar surface area (TPSA) is 75.4 Å². The molecule has 0 aliphatic carbocycles. The second-order valence-corrected chi connectivity index (χ2v) is 3.96. The van der Waals surface area contributed by atoms with Gasteiger partial charge in [-0.2, -0.15) is 0 Å². The number of hydrogen-bond donors (Lipinski definition) is 3. The summed E-state index contributed by atoms with van der Waals surface area (Å²) in [7, 11) is 0. The van der Waals surface area contributed by atoms with Crippen molar-refractivity contribution in [2.75, 3.05) is 13.2 Å². The van der Waals surface area contributed by atoms with Gasteiger partial charge in [0.2, 0.25) is 5.91 Å². The molecule has 0 rings (SSSR count). The quantitative estimate of drug-likeness (QED) is 0.518. The number of nitrogens with one attached hydrogen (secondary N) is 1. The molecular formula is C10H22N2O2. The van der Waals surface area contributed by atoms with Gasteiger partial charge < -0.3 is 16.2 Å². The summed E-state index contributed by atoms with van der Waals surface area (Å²) in [6.45, 7) is 4.86. The van der Waals surface area contributed by atoms with Gasteiger partial charge in [0.15, 0.2) is 0 Å². The van der Waals surface area contributed by atoms with Crippen LogP contribution in [0.1, 0.15) is 33.1 Å². The van der Waals surface area contributed by atoms with E-state index in [9.17, 15) is 4.79 Å². The molecule has 4 nitrogen and oxygen atoms in total. The Morgan fingerprint density at radius 2 is 2.07 bits per heavy atom. The third-order valence-electron chi connectivity index (χ3n) is 1.95. The van der Waals surface area contributed by atoms with E-state index in [1.54, 1.807) is 0 Å². The fraction of sp³-hybridized carbons (Fsp3) is 0.900. The van der Waals surface area contributed by atoms with Gasteiger partial charge in [-0.25, -0.2) is 0 Å². The van der Waals surface area contributed by atoms with E-state index in [0.29, 0.717) is 18.9 Å². The molecule has 0 aromatic heterocycles. The number of rotatable bonds is 7. The first-order valence-corrected chi connectivity index (χ1v) is 5.22. The van der Waals surface area contributed by atoms with Crippen LogP contribution in [0, 0.1) is 5.92 Å². The molecule has 4 N–H and O–H groups in total. The maximum atomic E-state index is 11.3. The highest BCUT2D eigenvalue weighted by molar-refractivity contribution is 5.81. The summed E-state index contributed by atoms with van der Waals surface area (Å²) < 4.78 is 0. The minimum atomic E-state index is -0.399. The molecule has 0 radical (unpaired) electrons. The Kier molecular flexibility index (Phi) is 7.42. The van der Waals surface area contributed by atoms with Crippen molar-refractivity contribution in [3.63, 3.8) is 0 Å². The molecule has 0 aromatic rings. The monoisotopic (exact) mass is 202 g/mol. The number of carbonyl (C=O) groups is 1. The minimum absolute atomic E-state index is 0.0864. The van der Waals surface area contributed by atoms with Crippen LogP contribution in [0.3, 0.4) is 0 Å². The normalized spacial score (nSPS) is 12.9. The van der Waals surface area contributed by atoms with E-state index in [1.165, 1.54) is 0 Å². The van der Waals surface area contributed by atoms with Crippen LogP contribution >= 0.6 is 0 Å². The molecule has 0 spiro atoms. The fourth-order valence-corrected chi connectivity index (χ4v) is 1.19. The van der Waals surface area contributed by atoms with Crippen LogP contribution in [0.15, 0.2) is 0 Å². The summed E-state index contributed by atoms with van der Waals surface area (Å²) in [5, 5.41) is 11.3. The average molecular weight is 202 g/mol. The molecule has 0 unspecified atom stereocenters. The van der Waals surface area contributed by atoms with Crippen molar-refractivity contribution in [2.45, 2.75) is 39.2 Å². The molecule has 0 fully saturated rings. The predicted molar refractivity (Wildman–Crippen MR) is 56.8 cm³/mol. The van der Waals surface area contributed by atoms with E-state index in [1.807, 2.05) is 13.8 Å². The highest BCUT2D eigenvalue weighted by Gasteiger charge is 2.13. The number of amides is 1. The van der Waals surface area contributed by atoms with E-state index >= 15 is 0 Å². The molecule has 1 atom stereocenters. The molecule has 14 heavy (non-hydrogen) atoms. The Morgan fingerprint density at radius 1 is 1.43 bits per heavy atom. The highest BCUT2D eigenvalue weighted by atomic mass is 16.2. The van der Waals surface area contributed by atoms with Crippen LogP contribution in [0.4, 0.5) is 0 Å². The standard InChI is InChI=1S/C10H22N2O2/c1-8(2)7-9(11)10(14)12-5-3-4-6-13/h8-9,13H,3-7,11H2,1-2H3,(H,12,14)/t9-/m0/s1. The minimum Gasteiger partial charge on any atom is -0.396 e. The van der Waals surface area contributed by atoms with Crippen LogP contribution in [-0.2, 0) is 4.79 Å². The molecule has 0 saturated heterocycles. The van der Waals surface area contributed by atoms with Gasteiger partial charge >= 0.3 is 0 Å². The van der Waals surface area contributed by atoms with Crippen LogP contribution in [0.5, 0.6) is 0 Å². The molecule has 0 aromatic carbocycles. The largest absolute Gasteiger partial charge is 0.396 e. The van der Waals surface area contributed by atoms with E-state index in [4.69, 9.17) is 10.8 Å². The molecule has 0 heterocycles. The number of hydrogen-bond acceptors (Lipinski definition) is 3. The van der Waals surface area contributed by atoms with Crippen molar-refractivity contribution in [1.29, 1.82) is 0 Å². The molecule has 84 valence electrons. The Bertz CT molecular complexity index is 160. The van der Waals surface area contributed by atoms with Crippen LogP contribution in [-0.4, -0.2) is 30.2 Å². The van der Waals surface area contributed by atoms with E-state index in [0.717, 1.165) is 12.8 Å². The number of carbonyl (C=O) groups excluding carboxylic acids is 1. The average Bonchev–Trinajstić information content (AvgIpc) is 2.11. The van der Waals surface area contributed by atoms with Crippen molar-refractivity contribution >= 4 is 5.91 Å². The van der Waals surface area contributed by atoms with Crippen molar-refractivity contribution in [3.05, 3.63) is 0 Å². The maximum Gasteiger partial charge on any atom is 0.236 e. The molecule has 0 aliphatic heterocycles. The summed E-state index contributed by atoms with van der Waals surface area (Å²) in [5.74, 6) is 0.352. The maximum absolute atomic E-state index is 11.3. The lowest BCUT2D eigenvalue weighted by Gasteiger charge is -2.13. The second-order valence-electron chi connectivity index (χ2n) is 3.96. The Morgan fingerprint density at radius 3 is 2.57 bits per heavy atom. The third kappa shape index (κ3) is 6.86. The van der Waals surface area contributed by atoms with Gasteiger partial charge in [0.1, 0.15) is 0 Å². The van der Waals surface area contributed by atoms with E-state index < -0.39 is 6.04 Å². The van der Waals surface area contributed by atoms with Gasteiger partial charge in [-0.05, 0) is 25.2 Å². The number of nitrogens with two attached hydrogens (primary N) is 1. The number of aliphatic hydroxyl groups excluding tert-OH is 1. The van der Waals surface area contributed by atoms with Gasteiger partial charge in [-0.3, -0.25) is 4.79 Å². The summed E-state index contributed by atoms with van der Waals surface area (Å²) >= 11 is 0. The summed E-state index contributed by atoms with van der Waals surface area (Å²) in [4.78, 5) is 11.3. The van der Waals surface area contributed by atoms with Gasteiger partial charge in [0.25, 0.3) is 0 Å². The summed E-state index contributed by atoms with van der Waals surface area (Å²) in [6.07, 6.45) is 2.24.